The molecule has 1 aliphatic carbocycles. The Labute approximate surface area is 129 Å². The lowest BCUT2D eigenvalue weighted by Crippen LogP contribution is -2.56. The first-order valence-electron chi connectivity index (χ1n) is 6.60. The first kappa shape index (κ1) is 16.5. The molecule has 0 bridgehead atoms. The van der Waals surface area contributed by atoms with E-state index in [1.165, 1.54) is 18.2 Å². The average Bonchev–Trinajstić information content (AvgIpc) is 2.38. The van der Waals surface area contributed by atoms with Gasteiger partial charge in [0.25, 0.3) is 0 Å². The van der Waals surface area contributed by atoms with Crippen LogP contribution in [0.1, 0.15) is 13.3 Å². The van der Waals surface area contributed by atoms with Gasteiger partial charge in [0.1, 0.15) is 6.10 Å². The SMILES string of the molecule is CCOC1CC(Nc2cc(S(N)(=O)=O)ccc2Cl)C1OC. The summed E-state index contributed by atoms with van der Waals surface area (Å²) >= 11 is 6.09. The van der Waals surface area contributed by atoms with Crippen LogP contribution in [-0.4, -0.2) is 40.4 Å². The smallest absolute Gasteiger partial charge is 0.238 e. The van der Waals surface area contributed by atoms with E-state index in [2.05, 4.69) is 5.32 Å². The molecule has 3 unspecified atom stereocenters. The molecule has 0 spiro atoms. The van der Waals surface area contributed by atoms with Crippen molar-refractivity contribution < 1.29 is 17.9 Å². The zero-order chi connectivity index (χ0) is 15.6. The summed E-state index contributed by atoms with van der Waals surface area (Å²) in [5.74, 6) is 0. The minimum Gasteiger partial charge on any atom is -0.378 e. The number of sulfonamides is 1. The van der Waals surface area contributed by atoms with E-state index in [0.29, 0.717) is 17.3 Å². The van der Waals surface area contributed by atoms with Crippen molar-refractivity contribution in [2.45, 2.75) is 36.5 Å². The van der Waals surface area contributed by atoms with Gasteiger partial charge in [-0.15, -0.1) is 0 Å². The van der Waals surface area contributed by atoms with E-state index in [0.717, 1.165) is 6.42 Å². The van der Waals surface area contributed by atoms with Crippen LogP contribution in [0.25, 0.3) is 0 Å². The Bertz CT molecular complexity index is 608. The summed E-state index contributed by atoms with van der Waals surface area (Å²) in [4.78, 5) is 0.0176. The summed E-state index contributed by atoms with van der Waals surface area (Å²) in [6.07, 6.45) is 0.708. The molecule has 1 fully saturated rings. The van der Waals surface area contributed by atoms with E-state index >= 15 is 0 Å². The normalized spacial score (nSPS) is 25.4. The fourth-order valence-electron chi connectivity index (χ4n) is 2.41. The lowest BCUT2D eigenvalue weighted by atomic mass is 9.85. The summed E-state index contributed by atoms with van der Waals surface area (Å²) in [5.41, 5.74) is 0.519. The quantitative estimate of drug-likeness (QED) is 0.824. The monoisotopic (exact) mass is 334 g/mol. The van der Waals surface area contributed by atoms with Crippen LogP contribution in [-0.2, 0) is 19.5 Å². The molecule has 1 aliphatic rings. The molecular weight excluding hydrogens is 316 g/mol. The summed E-state index contributed by atoms with van der Waals surface area (Å²) in [7, 11) is -2.14. The molecule has 3 N–H and O–H groups in total. The highest BCUT2D eigenvalue weighted by Crippen LogP contribution is 2.33. The van der Waals surface area contributed by atoms with Gasteiger partial charge in [-0.2, -0.15) is 0 Å². The maximum absolute atomic E-state index is 11.4. The minimum absolute atomic E-state index is 0.0137. The fraction of sp³-hybridized carbons (Fsp3) is 0.538. The van der Waals surface area contributed by atoms with Crippen LogP contribution in [0.2, 0.25) is 5.02 Å². The third-order valence-electron chi connectivity index (χ3n) is 3.51. The van der Waals surface area contributed by atoms with Crippen LogP contribution in [0.4, 0.5) is 5.69 Å². The fourth-order valence-corrected chi connectivity index (χ4v) is 3.12. The second kappa shape index (κ2) is 6.50. The van der Waals surface area contributed by atoms with E-state index in [9.17, 15) is 8.42 Å². The molecule has 1 saturated carbocycles. The number of hydrogen-bond donors (Lipinski definition) is 2. The highest BCUT2D eigenvalue weighted by atomic mass is 35.5. The molecule has 8 heteroatoms. The van der Waals surface area contributed by atoms with Crippen LogP contribution in [0.3, 0.4) is 0 Å². The van der Waals surface area contributed by atoms with Crippen LogP contribution >= 0.6 is 11.6 Å². The lowest BCUT2D eigenvalue weighted by Gasteiger charge is -2.43. The second-order valence-electron chi connectivity index (χ2n) is 4.87. The molecule has 0 aliphatic heterocycles. The number of methoxy groups -OCH3 is 1. The number of nitrogens with two attached hydrogens (primary N) is 1. The molecule has 1 aromatic rings. The number of nitrogens with one attached hydrogen (secondary N) is 1. The molecule has 0 heterocycles. The van der Waals surface area contributed by atoms with E-state index in [4.69, 9.17) is 26.2 Å². The summed E-state index contributed by atoms with van der Waals surface area (Å²) in [6, 6.07) is 4.32. The Hall–Kier alpha value is -0.860. The Balaban J connectivity index is 2.13. The standard InChI is InChI=1S/C13H19ClN2O4S/c1-3-20-12-7-11(13(12)19-2)16-10-6-8(21(15,17)18)4-5-9(10)14/h4-6,11-13,16H,3,7H2,1-2H3,(H2,15,17,18). The maximum Gasteiger partial charge on any atom is 0.238 e. The van der Waals surface area contributed by atoms with Gasteiger partial charge in [0.2, 0.25) is 10.0 Å². The third-order valence-corrected chi connectivity index (χ3v) is 4.75. The average molecular weight is 335 g/mol. The van der Waals surface area contributed by atoms with Crippen molar-refractivity contribution in [1.82, 2.24) is 0 Å². The molecule has 1 aromatic carbocycles. The number of primary sulfonamides is 1. The van der Waals surface area contributed by atoms with Crippen LogP contribution in [0.15, 0.2) is 23.1 Å². The van der Waals surface area contributed by atoms with Crippen LogP contribution < -0.4 is 10.5 Å². The highest BCUT2D eigenvalue weighted by Gasteiger charge is 2.42. The molecule has 0 radical (unpaired) electrons. The number of anilines is 1. The minimum atomic E-state index is -3.76. The van der Waals surface area contributed by atoms with Gasteiger partial charge in [-0.25, -0.2) is 13.6 Å². The van der Waals surface area contributed by atoms with Gasteiger partial charge in [-0.3, -0.25) is 0 Å². The van der Waals surface area contributed by atoms with Crippen molar-refractivity contribution in [2.24, 2.45) is 5.14 Å². The Kier molecular flexibility index (Phi) is 5.11. The summed E-state index contributed by atoms with van der Waals surface area (Å²) in [5, 5.41) is 8.74. The highest BCUT2D eigenvalue weighted by molar-refractivity contribution is 7.89. The largest absolute Gasteiger partial charge is 0.378 e. The molecule has 2 rings (SSSR count). The lowest BCUT2D eigenvalue weighted by molar-refractivity contribution is -0.118. The molecule has 0 saturated heterocycles. The van der Waals surface area contributed by atoms with Crippen molar-refractivity contribution in [3.05, 3.63) is 23.2 Å². The second-order valence-corrected chi connectivity index (χ2v) is 6.84. The van der Waals surface area contributed by atoms with Crippen molar-refractivity contribution in [1.29, 1.82) is 0 Å². The van der Waals surface area contributed by atoms with Crippen molar-refractivity contribution >= 4 is 27.3 Å². The third kappa shape index (κ3) is 3.67. The van der Waals surface area contributed by atoms with Gasteiger partial charge < -0.3 is 14.8 Å². The van der Waals surface area contributed by atoms with Gasteiger partial charge in [0, 0.05) is 13.7 Å². The number of ether oxygens (including phenoxy) is 2. The molecule has 6 nitrogen and oxygen atoms in total. The Morgan fingerprint density at radius 1 is 1.48 bits per heavy atom. The zero-order valence-corrected chi connectivity index (χ0v) is 13.4. The van der Waals surface area contributed by atoms with Crippen LogP contribution in [0, 0.1) is 0 Å². The van der Waals surface area contributed by atoms with Gasteiger partial charge in [0.05, 0.1) is 27.8 Å². The molecule has 0 aromatic heterocycles. The number of halogens is 1. The van der Waals surface area contributed by atoms with Gasteiger partial charge >= 0.3 is 0 Å². The molecule has 3 atom stereocenters. The Morgan fingerprint density at radius 2 is 2.19 bits per heavy atom. The Morgan fingerprint density at radius 3 is 2.76 bits per heavy atom. The van der Waals surface area contributed by atoms with E-state index in [1.807, 2.05) is 6.92 Å². The zero-order valence-electron chi connectivity index (χ0n) is 11.9. The molecule has 0 amide bonds. The maximum atomic E-state index is 11.4. The molecule has 21 heavy (non-hydrogen) atoms. The summed E-state index contributed by atoms with van der Waals surface area (Å²) < 4.78 is 33.7. The van der Waals surface area contributed by atoms with Gasteiger partial charge in [-0.05, 0) is 31.5 Å². The first-order chi connectivity index (χ1) is 9.86. The summed E-state index contributed by atoms with van der Waals surface area (Å²) in [6.45, 7) is 2.55. The molecule has 118 valence electrons. The van der Waals surface area contributed by atoms with Gasteiger partial charge in [0.15, 0.2) is 0 Å². The van der Waals surface area contributed by atoms with Crippen molar-refractivity contribution in [3.63, 3.8) is 0 Å². The van der Waals surface area contributed by atoms with Crippen molar-refractivity contribution in [3.8, 4) is 0 Å². The molecular formula is C13H19ClN2O4S. The first-order valence-corrected chi connectivity index (χ1v) is 8.52. The van der Waals surface area contributed by atoms with E-state index in [1.54, 1.807) is 7.11 Å². The van der Waals surface area contributed by atoms with Crippen molar-refractivity contribution in [2.75, 3.05) is 19.0 Å². The number of rotatable bonds is 6. The predicted octanol–water partition coefficient (Wildman–Crippen LogP) is 1.59. The van der Waals surface area contributed by atoms with Gasteiger partial charge in [-0.1, -0.05) is 11.6 Å². The number of hydrogen-bond acceptors (Lipinski definition) is 5. The van der Waals surface area contributed by atoms with E-state index < -0.39 is 10.0 Å². The number of benzene rings is 1. The van der Waals surface area contributed by atoms with E-state index in [-0.39, 0.29) is 23.1 Å². The topological polar surface area (TPSA) is 90.6 Å². The predicted molar refractivity (Wildman–Crippen MR) is 81.1 cm³/mol. The van der Waals surface area contributed by atoms with Crippen LogP contribution in [0.5, 0.6) is 0 Å².